The van der Waals surface area contributed by atoms with Crippen LogP contribution in [0.2, 0.25) is 0 Å². The summed E-state index contributed by atoms with van der Waals surface area (Å²) in [6.45, 7) is 2.05. The van der Waals surface area contributed by atoms with Crippen LogP contribution >= 0.6 is 0 Å². The van der Waals surface area contributed by atoms with Crippen LogP contribution in [0.25, 0.3) is 0 Å². The molecule has 94 valence electrons. The highest BCUT2D eigenvalue weighted by molar-refractivity contribution is 5.76. The van der Waals surface area contributed by atoms with Gasteiger partial charge >= 0.3 is 5.97 Å². The normalized spacial score (nSPS) is 12.3. The lowest BCUT2D eigenvalue weighted by molar-refractivity contribution is -0.139. The van der Waals surface area contributed by atoms with Crippen molar-refractivity contribution in [3.8, 4) is 0 Å². The minimum Gasteiger partial charge on any atom is -0.479 e. The van der Waals surface area contributed by atoms with Crippen molar-refractivity contribution in [1.82, 2.24) is 9.55 Å². The predicted molar refractivity (Wildman–Crippen MR) is 68.4 cm³/mol. The Hall–Kier alpha value is -2.10. The number of benzene rings is 1. The highest BCUT2D eigenvalue weighted by Crippen LogP contribution is 2.20. The molecule has 1 unspecified atom stereocenters. The van der Waals surface area contributed by atoms with E-state index in [9.17, 15) is 9.90 Å². The lowest BCUT2D eigenvalue weighted by Gasteiger charge is -2.17. The minimum absolute atomic E-state index is 0.699. The topological polar surface area (TPSA) is 55.1 Å². The third-order valence-corrected chi connectivity index (χ3v) is 2.85. The SMILES string of the molecule is CCCc1nccn1C(C(=O)O)c1ccccc1. The van der Waals surface area contributed by atoms with Gasteiger partial charge in [0.25, 0.3) is 0 Å². The van der Waals surface area contributed by atoms with E-state index < -0.39 is 12.0 Å². The van der Waals surface area contributed by atoms with Gasteiger partial charge < -0.3 is 9.67 Å². The molecule has 18 heavy (non-hydrogen) atoms. The van der Waals surface area contributed by atoms with Crippen LogP contribution in [0.5, 0.6) is 0 Å². The third kappa shape index (κ3) is 2.42. The standard InChI is InChI=1S/C14H16N2O2/c1-2-6-12-15-9-10-16(12)13(14(17)18)11-7-4-3-5-8-11/h3-5,7-10,13H,2,6H2,1H3,(H,17,18). The molecule has 0 bridgehead atoms. The van der Waals surface area contributed by atoms with Crippen molar-refractivity contribution in [2.24, 2.45) is 0 Å². The molecule has 0 radical (unpaired) electrons. The van der Waals surface area contributed by atoms with Gasteiger partial charge in [-0.3, -0.25) is 0 Å². The van der Waals surface area contributed by atoms with Crippen LogP contribution in [0.1, 0.15) is 30.8 Å². The number of aliphatic carboxylic acids is 1. The number of aryl methyl sites for hydroxylation is 1. The monoisotopic (exact) mass is 244 g/mol. The summed E-state index contributed by atoms with van der Waals surface area (Å²) >= 11 is 0. The number of carboxylic acid groups (broad SMARTS) is 1. The molecule has 0 aliphatic carbocycles. The maximum Gasteiger partial charge on any atom is 0.331 e. The number of rotatable bonds is 5. The number of carbonyl (C=O) groups is 1. The fourth-order valence-electron chi connectivity index (χ4n) is 2.05. The highest BCUT2D eigenvalue weighted by Gasteiger charge is 2.23. The van der Waals surface area contributed by atoms with E-state index >= 15 is 0 Å². The Kier molecular flexibility index (Phi) is 3.77. The average molecular weight is 244 g/mol. The van der Waals surface area contributed by atoms with Gasteiger partial charge in [0.05, 0.1) is 0 Å². The Bertz CT molecular complexity index is 520. The van der Waals surface area contributed by atoms with Crippen LogP contribution in [-0.4, -0.2) is 20.6 Å². The Morgan fingerprint density at radius 2 is 2.11 bits per heavy atom. The lowest BCUT2D eigenvalue weighted by Crippen LogP contribution is -2.21. The summed E-state index contributed by atoms with van der Waals surface area (Å²) in [4.78, 5) is 15.7. The Morgan fingerprint density at radius 3 is 2.72 bits per heavy atom. The largest absolute Gasteiger partial charge is 0.479 e. The molecule has 1 heterocycles. The van der Waals surface area contributed by atoms with Crippen LogP contribution < -0.4 is 0 Å². The second kappa shape index (κ2) is 5.49. The molecule has 1 aromatic carbocycles. The second-order valence-corrected chi connectivity index (χ2v) is 4.15. The quantitative estimate of drug-likeness (QED) is 0.879. The van der Waals surface area contributed by atoms with E-state index in [1.807, 2.05) is 30.3 Å². The fourth-order valence-corrected chi connectivity index (χ4v) is 2.05. The zero-order valence-corrected chi connectivity index (χ0v) is 10.3. The zero-order valence-electron chi connectivity index (χ0n) is 10.3. The molecular weight excluding hydrogens is 228 g/mol. The zero-order chi connectivity index (χ0) is 13.0. The van der Waals surface area contributed by atoms with Gasteiger partial charge in [-0.05, 0) is 12.0 Å². The third-order valence-electron chi connectivity index (χ3n) is 2.85. The van der Waals surface area contributed by atoms with Crippen molar-refractivity contribution in [3.63, 3.8) is 0 Å². The van der Waals surface area contributed by atoms with Gasteiger partial charge in [-0.15, -0.1) is 0 Å². The van der Waals surface area contributed by atoms with Crippen LogP contribution in [0.15, 0.2) is 42.7 Å². The number of hydrogen-bond acceptors (Lipinski definition) is 2. The van der Waals surface area contributed by atoms with Gasteiger partial charge in [0.1, 0.15) is 5.82 Å². The first-order valence-electron chi connectivity index (χ1n) is 6.03. The number of hydrogen-bond donors (Lipinski definition) is 1. The minimum atomic E-state index is -0.864. The van der Waals surface area contributed by atoms with E-state index in [0.717, 1.165) is 24.2 Å². The first kappa shape index (κ1) is 12.4. The molecule has 4 nitrogen and oxygen atoms in total. The molecule has 4 heteroatoms. The molecule has 0 fully saturated rings. The van der Waals surface area contributed by atoms with Gasteiger partial charge in [-0.2, -0.15) is 0 Å². The van der Waals surface area contributed by atoms with Crippen LogP contribution in [0.4, 0.5) is 0 Å². The molecule has 0 aliphatic rings. The maximum absolute atomic E-state index is 11.5. The van der Waals surface area contributed by atoms with Gasteiger partial charge in [-0.1, -0.05) is 37.3 Å². The molecule has 2 aromatic rings. The molecule has 0 spiro atoms. The predicted octanol–water partition coefficient (Wildman–Crippen LogP) is 2.51. The average Bonchev–Trinajstić information content (AvgIpc) is 2.79. The van der Waals surface area contributed by atoms with Crippen LogP contribution in [-0.2, 0) is 11.2 Å². The summed E-state index contributed by atoms with van der Waals surface area (Å²) in [6.07, 6.45) is 5.11. The van der Waals surface area contributed by atoms with Crippen molar-refractivity contribution in [2.75, 3.05) is 0 Å². The highest BCUT2D eigenvalue weighted by atomic mass is 16.4. The van der Waals surface area contributed by atoms with E-state index in [1.165, 1.54) is 0 Å². The second-order valence-electron chi connectivity index (χ2n) is 4.15. The molecular formula is C14H16N2O2. The first-order chi connectivity index (χ1) is 8.74. The summed E-state index contributed by atoms with van der Waals surface area (Å²) in [7, 11) is 0. The molecule has 1 aromatic heterocycles. The number of aromatic nitrogens is 2. The van der Waals surface area contributed by atoms with Gasteiger partial charge in [0.15, 0.2) is 6.04 Å². The van der Waals surface area contributed by atoms with Crippen molar-refractivity contribution in [2.45, 2.75) is 25.8 Å². The van der Waals surface area contributed by atoms with Gasteiger partial charge in [0.2, 0.25) is 0 Å². The van der Waals surface area contributed by atoms with Crippen molar-refractivity contribution < 1.29 is 9.90 Å². The van der Waals surface area contributed by atoms with Gasteiger partial charge in [-0.25, -0.2) is 9.78 Å². The molecule has 1 N–H and O–H groups in total. The summed E-state index contributed by atoms with van der Waals surface area (Å²) in [6, 6.07) is 8.53. The number of carboxylic acids is 1. The van der Waals surface area contributed by atoms with E-state index in [-0.39, 0.29) is 0 Å². The van der Waals surface area contributed by atoms with E-state index in [2.05, 4.69) is 11.9 Å². The molecule has 1 atom stereocenters. The van der Waals surface area contributed by atoms with E-state index in [0.29, 0.717) is 0 Å². The summed E-state index contributed by atoms with van der Waals surface area (Å²) < 4.78 is 1.74. The first-order valence-corrected chi connectivity index (χ1v) is 6.03. The van der Waals surface area contributed by atoms with Crippen LogP contribution in [0, 0.1) is 0 Å². The van der Waals surface area contributed by atoms with Crippen molar-refractivity contribution in [3.05, 3.63) is 54.1 Å². The smallest absolute Gasteiger partial charge is 0.331 e. The number of nitrogens with zero attached hydrogens (tertiary/aromatic N) is 2. The van der Waals surface area contributed by atoms with Crippen LogP contribution in [0.3, 0.4) is 0 Å². The Labute approximate surface area is 106 Å². The summed E-state index contributed by atoms with van der Waals surface area (Å²) in [5.74, 6) is -0.0506. The molecule has 0 saturated heterocycles. The maximum atomic E-state index is 11.5. The number of imidazole rings is 1. The Morgan fingerprint density at radius 1 is 1.39 bits per heavy atom. The van der Waals surface area contributed by atoms with Crippen molar-refractivity contribution >= 4 is 5.97 Å². The van der Waals surface area contributed by atoms with E-state index in [4.69, 9.17) is 0 Å². The lowest BCUT2D eigenvalue weighted by atomic mass is 10.1. The molecule has 0 aliphatic heterocycles. The van der Waals surface area contributed by atoms with Crippen molar-refractivity contribution in [1.29, 1.82) is 0 Å². The summed E-state index contributed by atoms with van der Waals surface area (Å²) in [5.41, 5.74) is 0.764. The molecule has 2 rings (SSSR count). The fraction of sp³-hybridized carbons (Fsp3) is 0.286. The molecule has 0 amide bonds. The summed E-state index contributed by atoms with van der Waals surface area (Å²) in [5, 5.41) is 9.44. The Balaban J connectivity index is 2.42. The van der Waals surface area contributed by atoms with Gasteiger partial charge in [0, 0.05) is 18.8 Å². The van der Waals surface area contributed by atoms with E-state index in [1.54, 1.807) is 17.0 Å². The molecule has 0 saturated carbocycles.